The van der Waals surface area contributed by atoms with Gasteiger partial charge in [-0.25, -0.2) is 8.78 Å². The van der Waals surface area contributed by atoms with Gasteiger partial charge in [-0.3, -0.25) is 9.59 Å². The number of aryl methyl sites for hydroxylation is 1. The Kier molecular flexibility index (Phi) is 6.65. The molecule has 0 radical (unpaired) electrons. The highest BCUT2D eigenvalue weighted by Crippen LogP contribution is 2.49. The van der Waals surface area contributed by atoms with Gasteiger partial charge < -0.3 is 25.8 Å². The highest BCUT2D eigenvalue weighted by molar-refractivity contribution is 6.30. The zero-order valence-corrected chi connectivity index (χ0v) is 20.2. The Morgan fingerprint density at radius 1 is 1.34 bits per heavy atom. The van der Waals surface area contributed by atoms with Gasteiger partial charge in [0.15, 0.2) is 0 Å². The largest absolute Gasteiger partial charge is 0.391 e. The third-order valence-corrected chi connectivity index (χ3v) is 7.17. The zero-order chi connectivity index (χ0) is 26.2. The Labute approximate surface area is 208 Å². The van der Waals surface area contributed by atoms with Gasteiger partial charge in [-0.2, -0.15) is 0 Å². The van der Waals surface area contributed by atoms with Gasteiger partial charge in [0, 0.05) is 37.0 Å². The molecule has 0 spiro atoms. The number of hydrogen-bond acceptors (Lipinski definition) is 5. The molecule has 0 saturated carbocycles. The van der Waals surface area contributed by atoms with Crippen LogP contribution in [0.3, 0.4) is 0 Å². The minimum atomic E-state index is -1.81. The van der Waals surface area contributed by atoms with Crippen molar-refractivity contribution in [1.29, 1.82) is 1.43 Å². The molecule has 0 bridgehead atoms. The molecule has 2 saturated heterocycles. The van der Waals surface area contributed by atoms with Crippen LogP contribution in [0.5, 0.6) is 0 Å². The highest BCUT2D eigenvalue weighted by Gasteiger charge is 2.60. The number of nitrogens with one attached hydrogen (secondary N) is 1. The second kappa shape index (κ2) is 9.72. The summed E-state index contributed by atoms with van der Waals surface area (Å²) in [4.78, 5) is 28.7. The van der Waals surface area contributed by atoms with Crippen LogP contribution in [0.2, 0.25) is 5.02 Å². The number of aliphatic hydroxyl groups is 1. The van der Waals surface area contributed by atoms with Crippen LogP contribution in [0, 0.1) is 24.5 Å². The summed E-state index contributed by atoms with van der Waals surface area (Å²) >= 11 is 5.79. The molecular formula is C25H28ClF2N3O4. The number of anilines is 1. The normalized spacial score (nSPS) is 23.5. The molecule has 4 rings (SSSR count). The van der Waals surface area contributed by atoms with Crippen LogP contribution in [-0.4, -0.2) is 61.2 Å². The summed E-state index contributed by atoms with van der Waals surface area (Å²) in [5.41, 5.74) is 5.71. The van der Waals surface area contributed by atoms with Gasteiger partial charge in [0.2, 0.25) is 7.34 Å². The first-order valence-corrected chi connectivity index (χ1v) is 11.8. The smallest absolute Gasteiger partial charge is 0.256 e. The van der Waals surface area contributed by atoms with Crippen LogP contribution >= 0.6 is 11.6 Å². The Balaban J connectivity index is 1.92. The van der Waals surface area contributed by atoms with E-state index in [4.69, 9.17) is 28.6 Å². The molecule has 0 aliphatic carbocycles. The molecule has 4 N–H and O–H groups in total. The van der Waals surface area contributed by atoms with Crippen molar-refractivity contribution < 1.29 is 28.2 Å². The number of rotatable bonds is 8. The van der Waals surface area contributed by atoms with Crippen molar-refractivity contribution in [1.82, 2.24) is 4.90 Å². The lowest BCUT2D eigenvalue weighted by molar-refractivity contribution is -0.134. The van der Waals surface area contributed by atoms with E-state index >= 15 is 4.39 Å². The first kappa shape index (κ1) is 24.0. The second-order valence-corrected chi connectivity index (χ2v) is 9.58. The van der Waals surface area contributed by atoms with Crippen molar-refractivity contribution in [2.24, 2.45) is 11.7 Å². The number of nitrogens with two attached hydrogens (primary N) is 1. The predicted octanol–water partition coefficient (Wildman–Crippen LogP) is 3.22. The molecule has 2 aromatic rings. The number of hydrogen-bond donors (Lipinski definition) is 3. The van der Waals surface area contributed by atoms with Crippen molar-refractivity contribution in [3.63, 3.8) is 0 Å². The number of nitrogens with zero attached hydrogens (tertiary/aromatic N) is 1. The fourth-order valence-electron chi connectivity index (χ4n) is 5.28. The number of aliphatic hydroxyl groups excluding tert-OH is 1. The number of likely N-dealkylation sites (tertiary alicyclic amines) is 1. The van der Waals surface area contributed by atoms with Gasteiger partial charge in [-0.15, -0.1) is 0 Å². The Hall–Kier alpha value is -2.75. The van der Waals surface area contributed by atoms with E-state index in [0.29, 0.717) is 17.8 Å². The van der Waals surface area contributed by atoms with Gasteiger partial charge in [0.1, 0.15) is 17.2 Å². The first-order valence-electron chi connectivity index (χ1n) is 11.8. The number of halogens is 3. The van der Waals surface area contributed by atoms with E-state index in [1.165, 1.54) is 4.90 Å². The molecule has 2 aromatic carbocycles. The van der Waals surface area contributed by atoms with E-state index in [0.717, 1.165) is 17.7 Å². The fraction of sp³-hybridized carbons (Fsp3) is 0.440. The molecule has 2 aliphatic heterocycles. The quantitative estimate of drug-likeness (QED) is 0.475. The van der Waals surface area contributed by atoms with Crippen molar-refractivity contribution >= 4 is 29.1 Å². The molecule has 188 valence electrons. The molecule has 35 heavy (non-hydrogen) atoms. The number of carbonyl (C=O) groups excluding carboxylic acids is 2. The third kappa shape index (κ3) is 4.37. The van der Waals surface area contributed by atoms with Crippen molar-refractivity contribution in [3.8, 4) is 0 Å². The fourth-order valence-corrected chi connectivity index (χ4v) is 5.43. The average molecular weight is 509 g/mol. The lowest BCUT2D eigenvalue weighted by atomic mass is 9.68. The summed E-state index contributed by atoms with van der Waals surface area (Å²) in [5.74, 6) is -4.64. The number of primary amides is 1. The maximum atomic E-state index is 15.3. The monoisotopic (exact) mass is 508 g/mol. The minimum absolute atomic E-state index is 0.132. The number of benzene rings is 2. The number of carbonyl (C=O) groups is 2. The van der Waals surface area contributed by atoms with Gasteiger partial charge in [-0.1, -0.05) is 23.2 Å². The lowest BCUT2D eigenvalue weighted by Gasteiger charge is -2.47. The average Bonchev–Trinajstić information content (AvgIpc) is 3.20. The first-order chi connectivity index (χ1) is 17.1. The molecule has 2 fully saturated rings. The van der Waals surface area contributed by atoms with Crippen LogP contribution in [0.15, 0.2) is 30.3 Å². The summed E-state index contributed by atoms with van der Waals surface area (Å²) in [6.45, 7) is 4.43. The summed E-state index contributed by atoms with van der Waals surface area (Å²) < 4.78 is 42.8. The molecule has 2 heterocycles. The van der Waals surface area contributed by atoms with Crippen LogP contribution in [0.25, 0.3) is 0 Å². The summed E-state index contributed by atoms with van der Waals surface area (Å²) in [7, 11) is 0. The van der Waals surface area contributed by atoms with Gasteiger partial charge in [-0.05, 0) is 43.7 Å². The SMILES string of the molecule is [2H]OC1CN(C(=O)c2cc(C)ccc2NCC)[C@@](C(N)=O)([C@@H](c2cc(F)c(Cl)cc2F)C2COC2)C1. The van der Waals surface area contributed by atoms with Gasteiger partial charge in [0.05, 0.1) is 29.9 Å². The Morgan fingerprint density at radius 3 is 2.69 bits per heavy atom. The van der Waals surface area contributed by atoms with Gasteiger partial charge >= 0.3 is 0 Å². The zero-order valence-electron chi connectivity index (χ0n) is 20.4. The lowest BCUT2D eigenvalue weighted by Crippen LogP contribution is -2.62. The highest BCUT2D eigenvalue weighted by atomic mass is 35.5. The van der Waals surface area contributed by atoms with Crippen molar-refractivity contribution in [2.75, 3.05) is 31.6 Å². The molecule has 3 atom stereocenters. The minimum Gasteiger partial charge on any atom is -0.391 e. The molecular weight excluding hydrogens is 480 g/mol. The maximum Gasteiger partial charge on any atom is 0.256 e. The third-order valence-electron chi connectivity index (χ3n) is 6.88. The van der Waals surface area contributed by atoms with E-state index in [1.807, 2.05) is 19.9 Å². The standard InChI is InChI=1S/C25H28ClF2N3O4/c1-3-30-21-5-4-13(2)6-17(21)23(33)31-10-15(32)9-25(31,24(29)34)22(14-11-35-12-14)16-7-20(28)18(26)8-19(16)27/h4-8,14-15,22,30,32H,3,9-12H2,1-2H3,(H2,29,34)/t15?,22-,25-/m1/s1/i32D. The summed E-state index contributed by atoms with van der Waals surface area (Å²) in [6, 6.07) is 7.08. The topological polar surface area (TPSA) is 105 Å². The predicted molar refractivity (Wildman–Crippen MR) is 127 cm³/mol. The molecule has 1 unspecified atom stereocenters. The Bertz CT molecular complexity index is 1180. The molecule has 2 amide bonds. The van der Waals surface area contributed by atoms with Gasteiger partial charge in [0.25, 0.3) is 5.91 Å². The summed E-state index contributed by atoms with van der Waals surface area (Å²) in [5, 5.41) is 7.57. The van der Waals surface area contributed by atoms with E-state index < -0.39 is 52.0 Å². The number of amides is 2. The van der Waals surface area contributed by atoms with E-state index in [-0.39, 0.29) is 31.7 Å². The molecule has 10 heteroatoms. The maximum absolute atomic E-state index is 15.3. The van der Waals surface area contributed by atoms with Crippen LogP contribution < -0.4 is 11.1 Å². The van der Waals surface area contributed by atoms with E-state index in [9.17, 15) is 14.0 Å². The summed E-state index contributed by atoms with van der Waals surface area (Å²) in [6.07, 6.45) is -1.04. The van der Waals surface area contributed by atoms with Crippen molar-refractivity contribution in [3.05, 3.63) is 63.7 Å². The van der Waals surface area contributed by atoms with E-state index in [2.05, 4.69) is 5.32 Å². The Morgan fingerprint density at radius 2 is 2.09 bits per heavy atom. The van der Waals surface area contributed by atoms with E-state index in [1.54, 1.807) is 12.1 Å². The second-order valence-electron chi connectivity index (χ2n) is 9.17. The molecule has 0 aromatic heterocycles. The van der Waals surface area contributed by atoms with Crippen LogP contribution in [0.1, 0.15) is 40.7 Å². The number of ether oxygens (including phenoxy) is 1. The molecule has 2 aliphatic rings. The molecule has 7 nitrogen and oxygen atoms in total. The number of β-amino-alcohol motifs (C(OH)–C–C–N with tert-alkyl or cyclic N) is 1. The van der Waals surface area contributed by atoms with Crippen molar-refractivity contribution in [2.45, 2.75) is 37.8 Å². The van der Waals surface area contributed by atoms with Crippen LogP contribution in [0.4, 0.5) is 14.5 Å². The van der Waals surface area contributed by atoms with Crippen LogP contribution in [-0.2, 0) is 9.53 Å².